The third-order valence-electron chi connectivity index (χ3n) is 6.14. The third kappa shape index (κ3) is 5.19. The van der Waals surface area contributed by atoms with Crippen LogP contribution in [-0.2, 0) is 24.2 Å². The highest BCUT2D eigenvalue weighted by Gasteiger charge is 2.30. The standard InChI is InChI=1S/C26H31N5O/c1-3-25-28-15-20(16-29-25)18-30-12-13-31(4-2)26(32)23(19-30)14-21-8-5-6-10-24(21)22-9-7-11-27-17-22/h5-11,15-17,23H,3-4,12-14,18-19H2,1-2H3. The van der Waals surface area contributed by atoms with Crippen LogP contribution in [0.1, 0.15) is 30.8 Å². The van der Waals surface area contributed by atoms with Gasteiger partial charge in [-0.05, 0) is 30.5 Å². The van der Waals surface area contributed by atoms with Gasteiger partial charge in [-0.2, -0.15) is 0 Å². The fourth-order valence-electron chi connectivity index (χ4n) is 4.39. The second kappa shape index (κ2) is 10.5. The van der Waals surface area contributed by atoms with Crippen molar-refractivity contribution in [3.63, 3.8) is 0 Å². The first-order chi connectivity index (χ1) is 15.7. The molecule has 6 nitrogen and oxygen atoms in total. The molecule has 2 aromatic heterocycles. The van der Waals surface area contributed by atoms with Crippen molar-refractivity contribution in [2.24, 2.45) is 5.92 Å². The van der Waals surface area contributed by atoms with Crippen molar-refractivity contribution in [3.8, 4) is 11.1 Å². The van der Waals surface area contributed by atoms with Gasteiger partial charge in [0.25, 0.3) is 0 Å². The molecule has 1 aromatic carbocycles. The van der Waals surface area contributed by atoms with E-state index in [1.165, 1.54) is 5.56 Å². The molecule has 1 aliphatic rings. The maximum absolute atomic E-state index is 13.4. The largest absolute Gasteiger partial charge is 0.341 e. The number of benzene rings is 1. The SMILES string of the molecule is CCc1ncc(CN2CCN(CC)C(=O)C(Cc3ccccc3-c3cccnc3)C2)cn1. The molecule has 1 saturated heterocycles. The molecule has 1 atom stereocenters. The number of hydrogen-bond acceptors (Lipinski definition) is 5. The Morgan fingerprint density at radius 1 is 1.00 bits per heavy atom. The number of hydrogen-bond donors (Lipinski definition) is 0. The molecule has 3 heterocycles. The van der Waals surface area contributed by atoms with Gasteiger partial charge in [-0.1, -0.05) is 37.3 Å². The van der Waals surface area contributed by atoms with Crippen LogP contribution in [0.3, 0.4) is 0 Å². The predicted octanol–water partition coefficient (Wildman–Crippen LogP) is 3.62. The van der Waals surface area contributed by atoms with Crippen molar-refractivity contribution in [2.75, 3.05) is 26.2 Å². The first-order valence-corrected chi connectivity index (χ1v) is 11.5. The van der Waals surface area contributed by atoms with Gasteiger partial charge in [-0.3, -0.25) is 14.7 Å². The van der Waals surface area contributed by atoms with E-state index in [-0.39, 0.29) is 11.8 Å². The smallest absolute Gasteiger partial charge is 0.227 e. The molecule has 4 rings (SSSR count). The quantitative estimate of drug-likeness (QED) is 0.574. The summed E-state index contributed by atoms with van der Waals surface area (Å²) >= 11 is 0. The summed E-state index contributed by atoms with van der Waals surface area (Å²) in [6.45, 7) is 7.96. The van der Waals surface area contributed by atoms with Crippen LogP contribution in [0, 0.1) is 5.92 Å². The number of aromatic nitrogens is 3. The lowest BCUT2D eigenvalue weighted by Gasteiger charge is -2.24. The molecule has 166 valence electrons. The van der Waals surface area contributed by atoms with Gasteiger partial charge in [-0.25, -0.2) is 9.97 Å². The second-order valence-corrected chi connectivity index (χ2v) is 8.31. The van der Waals surface area contributed by atoms with Crippen LogP contribution in [0.5, 0.6) is 0 Å². The van der Waals surface area contributed by atoms with E-state index in [0.29, 0.717) is 6.42 Å². The molecule has 32 heavy (non-hydrogen) atoms. The molecule has 3 aromatic rings. The van der Waals surface area contributed by atoms with Crippen molar-refractivity contribution in [1.82, 2.24) is 24.8 Å². The van der Waals surface area contributed by atoms with Gasteiger partial charge in [0.15, 0.2) is 0 Å². The summed E-state index contributed by atoms with van der Waals surface area (Å²) in [4.78, 5) is 30.9. The van der Waals surface area contributed by atoms with Crippen LogP contribution in [0.25, 0.3) is 11.1 Å². The summed E-state index contributed by atoms with van der Waals surface area (Å²) in [6, 6.07) is 12.4. The van der Waals surface area contributed by atoms with Gasteiger partial charge in [0, 0.05) is 75.1 Å². The van der Waals surface area contributed by atoms with Crippen molar-refractivity contribution >= 4 is 5.91 Å². The van der Waals surface area contributed by atoms with E-state index < -0.39 is 0 Å². The van der Waals surface area contributed by atoms with Gasteiger partial charge in [0.2, 0.25) is 5.91 Å². The summed E-state index contributed by atoms with van der Waals surface area (Å²) in [7, 11) is 0. The summed E-state index contributed by atoms with van der Waals surface area (Å²) in [5.74, 6) is 1.02. The predicted molar refractivity (Wildman–Crippen MR) is 126 cm³/mol. The van der Waals surface area contributed by atoms with Gasteiger partial charge >= 0.3 is 0 Å². The molecule has 1 aliphatic heterocycles. The van der Waals surface area contributed by atoms with Gasteiger partial charge in [0.05, 0.1) is 5.92 Å². The Morgan fingerprint density at radius 2 is 1.81 bits per heavy atom. The van der Waals surface area contributed by atoms with Gasteiger partial charge < -0.3 is 4.90 Å². The van der Waals surface area contributed by atoms with E-state index in [1.54, 1.807) is 6.20 Å². The summed E-state index contributed by atoms with van der Waals surface area (Å²) < 4.78 is 0. The Bertz CT molecular complexity index is 1020. The molecular weight excluding hydrogens is 398 g/mol. The fourth-order valence-corrected chi connectivity index (χ4v) is 4.39. The minimum Gasteiger partial charge on any atom is -0.341 e. The number of nitrogens with zero attached hydrogens (tertiary/aromatic N) is 5. The van der Waals surface area contributed by atoms with Crippen molar-refractivity contribution in [2.45, 2.75) is 33.2 Å². The molecule has 0 radical (unpaired) electrons. The first-order valence-electron chi connectivity index (χ1n) is 11.5. The lowest BCUT2D eigenvalue weighted by molar-refractivity contribution is -0.134. The molecule has 0 aliphatic carbocycles. The average Bonchev–Trinajstić information content (AvgIpc) is 2.99. The Kier molecular flexibility index (Phi) is 7.22. The zero-order chi connectivity index (χ0) is 22.3. The Labute approximate surface area is 190 Å². The molecule has 0 saturated carbocycles. The Hall–Kier alpha value is -3.12. The van der Waals surface area contributed by atoms with Crippen molar-refractivity contribution < 1.29 is 4.79 Å². The summed E-state index contributed by atoms with van der Waals surface area (Å²) in [5, 5.41) is 0. The molecule has 0 bridgehead atoms. The minimum atomic E-state index is -0.0916. The average molecular weight is 430 g/mol. The van der Waals surface area contributed by atoms with Crippen LogP contribution in [0.4, 0.5) is 0 Å². The Morgan fingerprint density at radius 3 is 2.53 bits per heavy atom. The molecular formula is C26H31N5O. The number of likely N-dealkylation sites (N-methyl/N-ethyl adjacent to an activating group) is 1. The van der Waals surface area contributed by atoms with E-state index in [9.17, 15) is 4.79 Å². The van der Waals surface area contributed by atoms with Crippen LogP contribution >= 0.6 is 0 Å². The molecule has 1 fully saturated rings. The Balaban J connectivity index is 1.56. The lowest BCUT2D eigenvalue weighted by Crippen LogP contribution is -2.37. The highest BCUT2D eigenvalue weighted by Crippen LogP contribution is 2.27. The van der Waals surface area contributed by atoms with Gasteiger partial charge in [0.1, 0.15) is 5.82 Å². The lowest BCUT2D eigenvalue weighted by atomic mass is 9.91. The monoisotopic (exact) mass is 429 g/mol. The zero-order valence-corrected chi connectivity index (χ0v) is 18.9. The van der Waals surface area contributed by atoms with Gasteiger partial charge in [-0.15, -0.1) is 0 Å². The van der Waals surface area contributed by atoms with Crippen LogP contribution in [0.2, 0.25) is 0 Å². The number of amides is 1. The van der Waals surface area contributed by atoms with Crippen LogP contribution in [0.15, 0.2) is 61.2 Å². The number of carbonyl (C=O) groups excluding carboxylic acids is 1. The minimum absolute atomic E-state index is 0.0916. The normalized spacial score (nSPS) is 17.4. The number of pyridine rings is 1. The maximum Gasteiger partial charge on any atom is 0.227 e. The second-order valence-electron chi connectivity index (χ2n) is 8.31. The third-order valence-corrected chi connectivity index (χ3v) is 6.14. The highest BCUT2D eigenvalue weighted by molar-refractivity contribution is 5.80. The van der Waals surface area contributed by atoms with Crippen molar-refractivity contribution in [3.05, 3.63) is 78.1 Å². The molecule has 6 heteroatoms. The molecule has 0 N–H and O–H groups in total. The highest BCUT2D eigenvalue weighted by atomic mass is 16.2. The van der Waals surface area contributed by atoms with Crippen molar-refractivity contribution in [1.29, 1.82) is 0 Å². The maximum atomic E-state index is 13.4. The van der Waals surface area contributed by atoms with E-state index in [0.717, 1.165) is 61.7 Å². The van der Waals surface area contributed by atoms with E-state index in [1.807, 2.05) is 35.6 Å². The topological polar surface area (TPSA) is 62.2 Å². The van der Waals surface area contributed by atoms with E-state index >= 15 is 0 Å². The van der Waals surface area contributed by atoms with Crippen LogP contribution in [-0.4, -0.2) is 56.8 Å². The number of rotatable bonds is 7. The van der Waals surface area contributed by atoms with Crippen LogP contribution < -0.4 is 0 Å². The zero-order valence-electron chi connectivity index (χ0n) is 18.9. The first kappa shape index (κ1) is 22.1. The van der Waals surface area contributed by atoms with E-state index in [2.05, 4.69) is 58.0 Å². The molecule has 1 unspecified atom stereocenters. The van der Waals surface area contributed by atoms with E-state index in [4.69, 9.17) is 0 Å². The fraction of sp³-hybridized carbons (Fsp3) is 0.385. The number of aryl methyl sites for hydroxylation is 1. The molecule has 1 amide bonds. The summed E-state index contributed by atoms with van der Waals surface area (Å²) in [6.07, 6.45) is 9.06. The summed E-state index contributed by atoms with van der Waals surface area (Å²) in [5.41, 5.74) is 4.51. The molecule has 0 spiro atoms. The number of carbonyl (C=O) groups is 1.